The Hall–Kier alpha value is -0.640. The smallest absolute Gasteiger partial charge is 0.253 e. The van der Waals surface area contributed by atoms with Gasteiger partial charge in [0.25, 0.3) is 11.8 Å². The van der Waals surface area contributed by atoms with Crippen LogP contribution in [0, 0.1) is 0 Å². The lowest BCUT2D eigenvalue weighted by Crippen LogP contribution is -2.31. The second kappa shape index (κ2) is 2.96. The molecule has 1 aliphatic heterocycles. The lowest BCUT2D eigenvalue weighted by molar-refractivity contribution is -0.136. The molecule has 0 atom stereocenters. The van der Waals surface area contributed by atoms with Crippen molar-refractivity contribution in [3.05, 3.63) is 12.2 Å². The molecule has 0 radical (unpaired) electrons. The van der Waals surface area contributed by atoms with Gasteiger partial charge in [-0.1, -0.05) is 15.9 Å². The Labute approximate surface area is 66.8 Å². The third kappa shape index (κ3) is 1.26. The summed E-state index contributed by atoms with van der Waals surface area (Å²) in [5, 5.41) is 0.631. The van der Waals surface area contributed by atoms with Crippen LogP contribution in [0.3, 0.4) is 0 Å². The van der Waals surface area contributed by atoms with Gasteiger partial charge in [-0.05, 0) is 0 Å². The first kappa shape index (κ1) is 7.47. The third-order valence-electron chi connectivity index (χ3n) is 1.21. The topological polar surface area (TPSA) is 37.4 Å². The van der Waals surface area contributed by atoms with E-state index in [4.69, 9.17) is 0 Å². The van der Waals surface area contributed by atoms with Crippen LogP contribution in [0.2, 0.25) is 0 Å². The Morgan fingerprint density at radius 2 is 1.80 bits per heavy atom. The highest BCUT2D eigenvalue weighted by atomic mass is 79.9. The molecule has 3 nitrogen and oxygen atoms in total. The van der Waals surface area contributed by atoms with Gasteiger partial charge in [-0.3, -0.25) is 14.5 Å². The fraction of sp³-hybridized carbons (Fsp3) is 0.333. The number of amides is 2. The number of nitrogens with zero attached hydrogens (tertiary/aromatic N) is 1. The van der Waals surface area contributed by atoms with Crippen molar-refractivity contribution in [2.75, 3.05) is 11.9 Å². The van der Waals surface area contributed by atoms with E-state index in [1.54, 1.807) is 0 Å². The number of alkyl halides is 1. The molecule has 4 heteroatoms. The largest absolute Gasteiger partial charge is 0.275 e. The molecule has 10 heavy (non-hydrogen) atoms. The molecule has 0 unspecified atom stereocenters. The third-order valence-corrected chi connectivity index (χ3v) is 1.56. The van der Waals surface area contributed by atoms with Gasteiger partial charge in [0.15, 0.2) is 0 Å². The Morgan fingerprint density at radius 3 is 2.20 bits per heavy atom. The molecule has 0 aromatic carbocycles. The normalized spacial score (nSPS) is 17.1. The lowest BCUT2D eigenvalue weighted by atomic mass is 10.5. The Bertz CT molecular complexity index is 182. The fourth-order valence-corrected chi connectivity index (χ4v) is 1.09. The van der Waals surface area contributed by atoms with Gasteiger partial charge in [0, 0.05) is 24.0 Å². The zero-order chi connectivity index (χ0) is 7.56. The van der Waals surface area contributed by atoms with Crippen molar-refractivity contribution in [3.63, 3.8) is 0 Å². The van der Waals surface area contributed by atoms with E-state index < -0.39 is 0 Å². The first-order chi connectivity index (χ1) is 4.75. The zero-order valence-corrected chi connectivity index (χ0v) is 6.80. The van der Waals surface area contributed by atoms with Crippen LogP contribution in [0.5, 0.6) is 0 Å². The van der Waals surface area contributed by atoms with E-state index in [1.807, 2.05) is 0 Å². The predicted octanol–water partition coefficient (Wildman–Crippen LogP) is 0.306. The Balaban J connectivity index is 2.60. The minimum atomic E-state index is -0.218. The van der Waals surface area contributed by atoms with Crippen LogP contribution in [-0.2, 0) is 9.59 Å². The Kier molecular flexibility index (Phi) is 2.21. The highest BCUT2D eigenvalue weighted by Gasteiger charge is 2.21. The molecule has 1 heterocycles. The van der Waals surface area contributed by atoms with Gasteiger partial charge in [0.1, 0.15) is 0 Å². The maximum absolute atomic E-state index is 10.8. The summed E-state index contributed by atoms with van der Waals surface area (Å²) in [6, 6.07) is 0. The summed E-state index contributed by atoms with van der Waals surface area (Å²) in [5.74, 6) is -0.436. The maximum atomic E-state index is 10.8. The van der Waals surface area contributed by atoms with Crippen molar-refractivity contribution in [1.29, 1.82) is 0 Å². The number of rotatable bonds is 2. The van der Waals surface area contributed by atoms with Gasteiger partial charge in [-0.2, -0.15) is 0 Å². The van der Waals surface area contributed by atoms with E-state index in [-0.39, 0.29) is 11.8 Å². The number of hydrogen-bond acceptors (Lipinski definition) is 2. The highest BCUT2D eigenvalue weighted by Crippen LogP contribution is 2.02. The van der Waals surface area contributed by atoms with Crippen LogP contribution in [0.1, 0.15) is 0 Å². The van der Waals surface area contributed by atoms with Crippen LogP contribution < -0.4 is 0 Å². The van der Waals surface area contributed by atoms with Gasteiger partial charge < -0.3 is 0 Å². The lowest BCUT2D eigenvalue weighted by Gasteiger charge is -2.10. The van der Waals surface area contributed by atoms with E-state index in [2.05, 4.69) is 15.9 Å². The molecule has 2 amide bonds. The average Bonchev–Trinajstić information content (AvgIpc) is 2.20. The van der Waals surface area contributed by atoms with E-state index in [1.165, 1.54) is 17.1 Å². The van der Waals surface area contributed by atoms with Gasteiger partial charge in [-0.25, -0.2) is 0 Å². The van der Waals surface area contributed by atoms with Gasteiger partial charge in [0.05, 0.1) is 0 Å². The predicted molar refractivity (Wildman–Crippen MR) is 39.7 cm³/mol. The molecule has 0 fully saturated rings. The first-order valence-electron chi connectivity index (χ1n) is 2.85. The van der Waals surface area contributed by atoms with Crippen molar-refractivity contribution in [3.8, 4) is 0 Å². The molecule has 0 aliphatic carbocycles. The molecule has 0 spiro atoms. The van der Waals surface area contributed by atoms with E-state index in [9.17, 15) is 9.59 Å². The van der Waals surface area contributed by atoms with Crippen molar-refractivity contribution in [2.45, 2.75) is 0 Å². The fourth-order valence-electron chi connectivity index (χ4n) is 0.736. The van der Waals surface area contributed by atoms with Crippen molar-refractivity contribution < 1.29 is 9.59 Å². The molecule has 0 aromatic heterocycles. The maximum Gasteiger partial charge on any atom is 0.253 e. The molecular weight excluding hydrogens is 198 g/mol. The summed E-state index contributed by atoms with van der Waals surface area (Å²) in [6.45, 7) is 0.449. The average molecular weight is 204 g/mol. The van der Waals surface area contributed by atoms with Crippen molar-refractivity contribution in [1.82, 2.24) is 4.90 Å². The standard InChI is InChI=1S/C6H6BrNO2/c7-3-4-8-5(9)1-2-6(8)10/h1-2H,3-4H2. The molecular formula is C6H6BrNO2. The van der Waals surface area contributed by atoms with E-state index in [0.717, 1.165) is 0 Å². The van der Waals surface area contributed by atoms with Crippen LogP contribution in [0.15, 0.2) is 12.2 Å². The Morgan fingerprint density at radius 1 is 1.30 bits per heavy atom. The number of hydrogen-bond donors (Lipinski definition) is 0. The van der Waals surface area contributed by atoms with Crippen molar-refractivity contribution >= 4 is 27.7 Å². The van der Waals surface area contributed by atoms with Gasteiger partial charge >= 0.3 is 0 Å². The molecule has 0 saturated heterocycles. The highest BCUT2D eigenvalue weighted by molar-refractivity contribution is 9.09. The summed E-state index contributed by atoms with van der Waals surface area (Å²) in [5.41, 5.74) is 0. The molecule has 1 rings (SSSR count). The number of halogens is 1. The molecule has 0 saturated carbocycles. The summed E-state index contributed by atoms with van der Waals surface area (Å²) < 4.78 is 0. The number of carbonyl (C=O) groups excluding carboxylic acids is 2. The van der Waals surface area contributed by atoms with Crippen LogP contribution >= 0.6 is 15.9 Å². The molecule has 0 N–H and O–H groups in total. The van der Waals surface area contributed by atoms with E-state index >= 15 is 0 Å². The van der Waals surface area contributed by atoms with Crippen LogP contribution in [-0.4, -0.2) is 28.6 Å². The molecule has 0 aromatic rings. The van der Waals surface area contributed by atoms with Crippen molar-refractivity contribution in [2.24, 2.45) is 0 Å². The first-order valence-corrected chi connectivity index (χ1v) is 3.97. The SMILES string of the molecule is O=C1C=CC(=O)N1CCBr. The summed E-state index contributed by atoms with van der Waals surface area (Å²) in [6.07, 6.45) is 2.57. The monoisotopic (exact) mass is 203 g/mol. The minimum Gasteiger partial charge on any atom is -0.275 e. The zero-order valence-electron chi connectivity index (χ0n) is 5.21. The second-order valence-corrected chi connectivity index (χ2v) is 2.64. The minimum absolute atomic E-state index is 0.218. The number of carbonyl (C=O) groups is 2. The summed E-state index contributed by atoms with van der Waals surface area (Å²) in [4.78, 5) is 22.7. The van der Waals surface area contributed by atoms with E-state index in [0.29, 0.717) is 11.9 Å². The van der Waals surface area contributed by atoms with Gasteiger partial charge in [-0.15, -0.1) is 0 Å². The molecule has 54 valence electrons. The van der Waals surface area contributed by atoms with Crippen LogP contribution in [0.4, 0.5) is 0 Å². The number of imide groups is 1. The molecule has 0 bridgehead atoms. The summed E-state index contributed by atoms with van der Waals surface area (Å²) >= 11 is 3.14. The summed E-state index contributed by atoms with van der Waals surface area (Å²) in [7, 11) is 0. The van der Waals surface area contributed by atoms with Gasteiger partial charge in [0.2, 0.25) is 0 Å². The second-order valence-electron chi connectivity index (χ2n) is 1.85. The molecule has 1 aliphatic rings. The van der Waals surface area contributed by atoms with Crippen LogP contribution in [0.25, 0.3) is 0 Å². The quantitative estimate of drug-likeness (QED) is 0.479.